The van der Waals surface area contributed by atoms with Crippen molar-refractivity contribution in [3.8, 4) is 6.07 Å². The second-order valence-corrected chi connectivity index (χ2v) is 9.45. The van der Waals surface area contributed by atoms with E-state index in [9.17, 15) is 18.5 Å². The van der Waals surface area contributed by atoms with Crippen LogP contribution in [0.4, 0.5) is 21.9 Å². The Kier molecular flexibility index (Phi) is 6.56. The molecule has 170 valence electrons. The molecule has 4 aromatic rings. The molecule has 0 spiro atoms. The van der Waals surface area contributed by atoms with E-state index in [1.807, 2.05) is 6.07 Å². The van der Waals surface area contributed by atoms with Gasteiger partial charge in [0.1, 0.15) is 0 Å². The molecule has 1 aromatic heterocycles. The second kappa shape index (κ2) is 9.57. The number of nitrogens with zero attached hydrogens (tertiary/aromatic N) is 2. The van der Waals surface area contributed by atoms with E-state index in [2.05, 4.69) is 20.3 Å². The molecule has 2 amide bonds. The van der Waals surface area contributed by atoms with Gasteiger partial charge in [-0.05, 0) is 42.5 Å². The molecule has 3 N–H and O–H groups in total. The van der Waals surface area contributed by atoms with Gasteiger partial charge in [-0.25, -0.2) is 13.2 Å². The first-order valence-corrected chi connectivity index (χ1v) is 11.9. The molecule has 0 aliphatic rings. The molecule has 4 rings (SSSR count). The van der Waals surface area contributed by atoms with E-state index < -0.39 is 16.1 Å². The molecule has 11 heteroatoms. The Hall–Kier alpha value is -3.84. The van der Waals surface area contributed by atoms with Gasteiger partial charge in [-0.1, -0.05) is 41.4 Å². The summed E-state index contributed by atoms with van der Waals surface area (Å²) in [5.41, 5.74) is 0.605. The maximum absolute atomic E-state index is 13.3. The molecule has 0 unspecified atom stereocenters. The number of sulfonamides is 1. The summed E-state index contributed by atoms with van der Waals surface area (Å²) >= 11 is 12.1. The van der Waals surface area contributed by atoms with Crippen molar-refractivity contribution in [2.75, 3.05) is 15.4 Å². The SMILES string of the molecule is N#Cc1ccc(NC(=O)Nc2cccc(Cl)c2Cl)c(NS(=O)(=O)c2cccc3cnccc23)c1. The second-order valence-electron chi connectivity index (χ2n) is 7.01. The lowest BCUT2D eigenvalue weighted by Gasteiger charge is -2.16. The zero-order valence-corrected chi connectivity index (χ0v) is 19.5. The number of urea groups is 1. The lowest BCUT2D eigenvalue weighted by atomic mass is 10.2. The number of halogens is 2. The molecular formula is C23H15Cl2N5O3S. The molecular weight excluding hydrogens is 497 g/mol. The summed E-state index contributed by atoms with van der Waals surface area (Å²) in [5.74, 6) is 0. The Labute approximate surface area is 205 Å². The Morgan fingerprint density at radius 1 is 0.941 bits per heavy atom. The van der Waals surface area contributed by atoms with Crippen LogP contribution in [-0.2, 0) is 10.0 Å². The quantitative estimate of drug-likeness (QED) is 0.309. The maximum Gasteiger partial charge on any atom is 0.323 e. The molecule has 34 heavy (non-hydrogen) atoms. The number of hydrogen-bond acceptors (Lipinski definition) is 5. The van der Waals surface area contributed by atoms with E-state index >= 15 is 0 Å². The molecule has 3 aromatic carbocycles. The van der Waals surface area contributed by atoms with Crippen LogP contribution < -0.4 is 15.4 Å². The van der Waals surface area contributed by atoms with Gasteiger partial charge in [0.05, 0.1) is 43.6 Å². The number of nitriles is 1. The first-order chi connectivity index (χ1) is 16.3. The molecule has 1 heterocycles. The fourth-order valence-electron chi connectivity index (χ4n) is 3.21. The van der Waals surface area contributed by atoms with E-state index in [-0.39, 0.29) is 37.6 Å². The van der Waals surface area contributed by atoms with Crippen molar-refractivity contribution in [1.82, 2.24) is 4.98 Å². The van der Waals surface area contributed by atoms with Crippen LogP contribution in [0.1, 0.15) is 5.56 Å². The molecule has 8 nitrogen and oxygen atoms in total. The zero-order valence-electron chi connectivity index (χ0n) is 17.2. The summed E-state index contributed by atoms with van der Waals surface area (Å²) < 4.78 is 29.0. The summed E-state index contributed by atoms with van der Waals surface area (Å²) in [4.78, 5) is 16.6. The molecule has 0 bridgehead atoms. The first-order valence-electron chi connectivity index (χ1n) is 9.70. The molecule has 0 saturated heterocycles. The number of benzene rings is 3. The topological polar surface area (TPSA) is 124 Å². The number of carbonyl (C=O) groups is 1. The van der Waals surface area contributed by atoms with Gasteiger partial charge >= 0.3 is 6.03 Å². The molecule has 0 aliphatic carbocycles. The zero-order chi connectivity index (χ0) is 24.3. The van der Waals surface area contributed by atoms with Crippen molar-refractivity contribution in [2.45, 2.75) is 4.90 Å². The van der Waals surface area contributed by atoms with Crippen molar-refractivity contribution in [3.05, 3.63) is 88.7 Å². The molecule has 0 radical (unpaired) electrons. The highest BCUT2D eigenvalue weighted by molar-refractivity contribution is 7.93. The predicted octanol–water partition coefficient (Wildman–Crippen LogP) is 5.86. The average molecular weight is 512 g/mol. The Bertz CT molecular complexity index is 1560. The van der Waals surface area contributed by atoms with Gasteiger partial charge in [0.25, 0.3) is 10.0 Å². The number of fused-ring (bicyclic) bond motifs is 1. The lowest BCUT2D eigenvalue weighted by molar-refractivity contribution is 0.262. The van der Waals surface area contributed by atoms with Crippen LogP contribution in [0, 0.1) is 11.3 Å². The predicted molar refractivity (Wildman–Crippen MR) is 133 cm³/mol. The van der Waals surface area contributed by atoms with Crippen LogP contribution in [0.3, 0.4) is 0 Å². The number of aromatic nitrogens is 1. The van der Waals surface area contributed by atoms with Crippen LogP contribution in [0.2, 0.25) is 10.0 Å². The van der Waals surface area contributed by atoms with E-state index in [4.69, 9.17) is 23.2 Å². The lowest BCUT2D eigenvalue weighted by Crippen LogP contribution is -2.21. The molecule has 0 fully saturated rings. The third kappa shape index (κ3) is 4.89. The van der Waals surface area contributed by atoms with Gasteiger partial charge in [0, 0.05) is 23.2 Å². The number of anilines is 3. The highest BCUT2D eigenvalue weighted by Crippen LogP contribution is 2.31. The molecule has 0 saturated carbocycles. The van der Waals surface area contributed by atoms with Gasteiger partial charge in [-0.2, -0.15) is 5.26 Å². The monoisotopic (exact) mass is 511 g/mol. The van der Waals surface area contributed by atoms with Crippen LogP contribution in [0.15, 0.2) is 78.0 Å². The van der Waals surface area contributed by atoms with Gasteiger partial charge in [0.2, 0.25) is 0 Å². The fraction of sp³-hybridized carbons (Fsp3) is 0. The van der Waals surface area contributed by atoms with Gasteiger partial charge in [-0.15, -0.1) is 0 Å². The van der Waals surface area contributed by atoms with Gasteiger partial charge in [-0.3, -0.25) is 9.71 Å². The fourth-order valence-corrected chi connectivity index (χ4v) is 4.86. The van der Waals surface area contributed by atoms with E-state index in [0.29, 0.717) is 10.8 Å². The highest BCUT2D eigenvalue weighted by atomic mass is 35.5. The van der Waals surface area contributed by atoms with Crippen LogP contribution in [-0.4, -0.2) is 19.4 Å². The first kappa shape index (κ1) is 23.3. The summed E-state index contributed by atoms with van der Waals surface area (Å²) in [6, 6.07) is 16.6. The standard InChI is InChI=1S/C23H15Cl2N5O3S/c24-17-4-2-5-19(22(17)25)29-23(31)28-18-8-7-14(12-26)11-20(18)30-34(32,33)21-6-1-3-15-13-27-10-9-16(15)21/h1-11,13,30H,(H2,28,29,31). The third-order valence-electron chi connectivity index (χ3n) is 4.77. The minimum atomic E-state index is -4.09. The Morgan fingerprint density at radius 2 is 1.71 bits per heavy atom. The summed E-state index contributed by atoms with van der Waals surface area (Å²) in [5, 5.41) is 16.0. The van der Waals surface area contributed by atoms with Crippen molar-refractivity contribution in [2.24, 2.45) is 0 Å². The number of rotatable bonds is 5. The number of hydrogen-bond donors (Lipinski definition) is 3. The smallest absolute Gasteiger partial charge is 0.306 e. The highest BCUT2D eigenvalue weighted by Gasteiger charge is 2.20. The number of nitrogens with one attached hydrogen (secondary N) is 3. The summed E-state index contributed by atoms with van der Waals surface area (Å²) in [7, 11) is -4.09. The van der Waals surface area contributed by atoms with Gasteiger partial charge in [0.15, 0.2) is 0 Å². The van der Waals surface area contributed by atoms with Crippen LogP contribution in [0.25, 0.3) is 10.8 Å². The third-order valence-corrected chi connectivity index (χ3v) is 7.01. The molecule has 0 atom stereocenters. The van der Waals surface area contributed by atoms with Crippen LogP contribution in [0.5, 0.6) is 0 Å². The van der Waals surface area contributed by atoms with E-state index in [0.717, 1.165) is 0 Å². The number of pyridine rings is 1. The van der Waals surface area contributed by atoms with Gasteiger partial charge < -0.3 is 10.6 Å². The Balaban J connectivity index is 1.66. The number of carbonyl (C=O) groups excluding carboxylic acids is 1. The number of amides is 2. The maximum atomic E-state index is 13.3. The average Bonchev–Trinajstić information content (AvgIpc) is 2.82. The van der Waals surface area contributed by atoms with E-state index in [1.54, 1.807) is 42.6 Å². The van der Waals surface area contributed by atoms with E-state index in [1.165, 1.54) is 30.5 Å². The van der Waals surface area contributed by atoms with Crippen molar-refractivity contribution >= 4 is 67.1 Å². The van der Waals surface area contributed by atoms with Crippen molar-refractivity contribution in [3.63, 3.8) is 0 Å². The summed E-state index contributed by atoms with van der Waals surface area (Å²) in [6.07, 6.45) is 3.05. The summed E-state index contributed by atoms with van der Waals surface area (Å²) in [6.45, 7) is 0. The largest absolute Gasteiger partial charge is 0.323 e. The molecule has 0 aliphatic heterocycles. The Morgan fingerprint density at radius 3 is 2.50 bits per heavy atom. The van der Waals surface area contributed by atoms with Crippen molar-refractivity contribution < 1.29 is 13.2 Å². The van der Waals surface area contributed by atoms with Crippen LogP contribution >= 0.6 is 23.2 Å². The minimum absolute atomic E-state index is 0.0115. The minimum Gasteiger partial charge on any atom is -0.306 e. The van der Waals surface area contributed by atoms with Crippen molar-refractivity contribution in [1.29, 1.82) is 5.26 Å². The normalized spacial score (nSPS) is 11.0.